The molecule has 21 heavy (non-hydrogen) atoms. The number of carbonyl (C=O) groups is 1. The first-order chi connectivity index (χ1) is 10.2. The lowest BCUT2D eigenvalue weighted by atomic mass is 10.1. The minimum Gasteiger partial charge on any atom is -0.487 e. The Labute approximate surface area is 121 Å². The van der Waals surface area contributed by atoms with E-state index < -0.39 is 5.97 Å². The molecule has 0 atom stereocenters. The van der Waals surface area contributed by atoms with Crippen molar-refractivity contribution in [1.29, 1.82) is 0 Å². The van der Waals surface area contributed by atoms with E-state index in [-0.39, 0.29) is 5.56 Å². The lowest BCUT2D eigenvalue weighted by Gasteiger charge is -2.07. The maximum atomic E-state index is 10.7. The number of carboxylic acid groups (broad SMARTS) is 1. The van der Waals surface area contributed by atoms with Gasteiger partial charge in [0.05, 0.1) is 11.3 Å². The highest BCUT2D eigenvalue weighted by molar-refractivity contribution is 5.87. The molecule has 3 rings (SSSR count). The van der Waals surface area contributed by atoms with Crippen LogP contribution in [0.1, 0.15) is 16.1 Å². The van der Waals surface area contributed by atoms with Crippen molar-refractivity contribution in [3.8, 4) is 5.75 Å². The Hall–Kier alpha value is -2.88. The Balaban J connectivity index is 1.72. The second-order valence-corrected chi connectivity index (χ2v) is 4.64. The van der Waals surface area contributed by atoms with Gasteiger partial charge >= 0.3 is 5.97 Å². The van der Waals surface area contributed by atoms with E-state index >= 15 is 0 Å². The zero-order chi connectivity index (χ0) is 14.7. The van der Waals surface area contributed by atoms with Gasteiger partial charge in [0, 0.05) is 6.20 Å². The van der Waals surface area contributed by atoms with Crippen LogP contribution in [0.15, 0.2) is 60.8 Å². The third kappa shape index (κ3) is 3.00. The fourth-order valence-corrected chi connectivity index (χ4v) is 2.05. The van der Waals surface area contributed by atoms with Crippen molar-refractivity contribution in [1.82, 2.24) is 4.98 Å². The minimum absolute atomic E-state index is 0.171. The van der Waals surface area contributed by atoms with E-state index in [0.717, 1.165) is 16.5 Å². The van der Waals surface area contributed by atoms with Crippen molar-refractivity contribution >= 4 is 16.7 Å². The standard InChI is InChI=1S/C17H13NO3/c19-17(20)14-5-7-15(18-10-14)11-21-16-8-6-12-3-1-2-4-13(12)9-16/h1-10H,11H2,(H,19,20). The van der Waals surface area contributed by atoms with E-state index in [1.54, 1.807) is 6.07 Å². The second kappa shape index (κ2) is 5.63. The van der Waals surface area contributed by atoms with Crippen molar-refractivity contribution in [2.75, 3.05) is 0 Å². The van der Waals surface area contributed by atoms with Crippen LogP contribution in [0.5, 0.6) is 5.75 Å². The molecule has 4 heteroatoms. The molecule has 1 N–H and O–H groups in total. The first-order valence-corrected chi connectivity index (χ1v) is 6.52. The van der Waals surface area contributed by atoms with E-state index in [0.29, 0.717) is 12.3 Å². The molecule has 0 amide bonds. The Morgan fingerprint density at radius 3 is 2.57 bits per heavy atom. The molecular formula is C17H13NO3. The molecule has 1 heterocycles. The van der Waals surface area contributed by atoms with Gasteiger partial charge in [0.1, 0.15) is 12.4 Å². The highest BCUT2D eigenvalue weighted by Gasteiger charge is 2.04. The van der Waals surface area contributed by atoms with Gasteiger partial charge in [-0.15, -0.1) is 0 Å². The van der Waals surface area contributed by atoms with Gasteiger partial charge in [0.2, 0.25) is 0 Å². The zero-order valence-corrected chi connectivity index (χ0v) is 11.2. The molecule has 1 aromatic heterocycles. The SMILES string of the molecule is O=C(O)c1ccc(COc2ccc3ccccc3c2)nc1. The topological polar surface area (TPSA) is 59.4 Å². The van der Waals surface area contributed by atoms with E-state index in [2.05, 4.69) is 4.98 Å². The van der Waals surface area contributed by atoms with Crippen LogP contribution in [0.2, 0.25) is 0 Å². The molecule has 4 nitrogen and oxygen atoms in total. The first-order valence-electron chi connectivity index (χ1n) is 6.52. The number of hydrogen-bond donors (Lipinski definition) is 1. The number of hydrogen-bond acceptors (Lipinski definition) is 3. The summed E-state index contributed by atoms with van der Waals surface area (Å²) < 4.78 is 5.69. The Bertz CT molecular complexity index is 781. The summed E-state index contributed by atoms with van der Waals surface area (Å²) in [7, 11) is 0. The lowest BCUT2D eigenvalue weighted by Crippen LogP contribution is -2.01. The van der Waals surface area contributed by atoms with Crippen LogP contribution in [0.25, 0.3) is 10.8 Å². The first kappa shape index (κ1) is 13.1. The highest BCUT2D eigenvalue weighted by atomic mass is 16.5. The van der Waals surface area contributed by atoms with Crippen LogP contribution < -0.4 is 4.74 Å². The summed E-state index contributed by atoms with van der Waals surface area (Å²) in [5, 5.41) is 11.1. The van der Waals surface area contributed by atoms with Crippen molar-refractivity contribution in [2.24, 2.45) is 0 Å². The summed E-state index contributed by atoms with van der Waals surface area (Å²) in [6.07, 6.45) is 1.33. The molecular weight excluding hydrogens is 266 g/mol. The number of pyridine rings is 1. The van der Waals surface area contributed by atoms with Crippen LogP contribution in [-0.2, 0) is 6.61 Å². The maximum absolute atomic E-state index is 10.7. The normalized spacial score (nSPS) is 10.5. The summed E-state index contributed by atoms with van der Waals surface area (Å²) in [5.74, 6) is -0.220. The molecule has 0 saturated heterocycles. The van der Waals surface area contributed by atoms with Gasteiger partial charge in [-0.25, -0.2) is 4.79 Å². The molecule has 0 bridgehead atoms. The molecule has 0 aliphatic heterocycles. The summed E-state index contributed by atoms with van der Waals surface area (Å²) in [5.41, 5.74) is 0.859. The molecule has 0 radical (unpaired) electrons. The van der Waals surface area contributed by atoms with Crippen molar-refractivity contribution < 1.29 is 14.6 Å². The van der Waals surface area contributed by atoms with Gasteiger partial charge in [-0.2, -0.15) is 0 Å². The molecule has 0 saturated carbocycles. The molecule has 0 unspecified atom stereocenters. The number of fused-ring (bicyclic) bond motifs is 1. The second-order valence-electron chi connectivity index (χ2n) is 4.64. The average Bonchev–Trinajstić information content (AvgIpc) is 2.53. The van der Waals surface area contributed by atoms with E-state index in [4.69, 9.17) is 9.84 Å². The largest absolute Gasteiger partial charge is 0.487 e. The predicted molar refractivity (Wildman–Crippen MR) is 79.5 cm³/mol. The number of aromatic carboxylic acids is 1. The Morgan fingerprint density at radius 2 is 1.86 bits per heavy atom. The molecule has 2 aromatic carbocycles. The van der Waals surface area contributed by atoms with Crippen molar-refractivity contribution in [3.05, 3.63) is 72.1 Å². The smallest absolute Gasteiger partial charge is 0.337 e. The van der Waals surface area contributed by atoms with Gasteiger partial charge < -0.3 is 9.84 Å². The van der Waals surface area contributed by atoms with Gasteiger partial charge in [0.15, 0.2) is 0 Å². The van der Waals surface area contributed by atoms with E-state index in [1.807, 2.05) is 42.5 Å². The fraction of sp³-hybridized carbons (Fsp3) is 0.0588. The summed E-state index contributed by atoms with van der Waals surface area (Å²) in [6, 6.07) is 17.1. The van der Waals surface area contributed by atoms with Crippen molar-refractivity contribution in [3.63, 3.8) is 0 Å². The number of nitrogens with zero attached hydrogens (tertiary/aromatic N) is 1. The van der Waals surface area contributed by atoms with Crippen LogP contribution >= 0.6 is 0 Å². The van der Waals surface area contributed by atoms with Gasteiger partial charge in [0.25, 0.3) is 0 Å². The van der Waals surface area contributed by atoms with E-state index in [1.165, 1.54) is 12.3 Å². The maximum Gasteiger partial charge on any atom is 0.337 e. The molecule has 3 aromatic rings. The van der Waals surface area contributed by atoms with E-state index in [9.17, 15) is 4.79 Å². The molecule has 0 fully saturated rings. The minimum atomic E-state index is -0.982. The lowest BCUT2D eigenvalue weighted by molar-refractivity contribution is 0.0696. The highest BCUT2D eigenvalue weighted by Crippen LogP contribution is 2.21. The number of benzene rings is 2. The predicted octanol–water partition coefficient (Wildman–Crippen LogP) is 3.51. The number of ether oxygens (including phenoxy) is 1. The summed E-state index contributed by atoms with van der Waals surface area (Å²) in [4.78, 5) is 14.8. The number of aromatic nitrogens is 1. The number of rotatable bonds is 4. The van der Waals surface area contributed by atoms with Gasteiger partial charge in [-0.05, 0) is 35.0 Å². The Kier molecular flexibility index (Phi) is 3.51. The third-order valence-electron chi connectivity index (χ3n) is 3.18. The zero-order valence-electron chi connectivity index (χ0n) is 11.2. The van der Waals surface area contributed by atoms with Crippen molar-refractivity contribution in [2.45, 2.75) is 6.61 Å². The summed E-state index contributed by atoms with van der Waals surface area (Å²) in [6.45, 7) is 0.304. The summed E-state index contributed by atoms with van der Waals surface area (Å²) >= 11 is 0. The fourth-order valence-electron chi connectivity index (χ4n) is 2.05. The van der Waals surface area contributed by atoms with Crippen LogP contribution in [0, 0.1) is 0 Å². The van der Waals surface area contributed by atoms with Gasteiger partial charge in [-0.3, -0.25) is 4.98 Å². The molecule has 0 aliphatic rings. The van der Waals surface area contributed by atoms with Crippen LogP contribution in [0.4, 0.5) is 0 Å². The third-order valence-corrected chi connectivity index (χ3v) is 3.18. The quantitative estimate of drug-likeness (QED) is 0.794. The molecule has 0 aliphatic carbocycles. The molecule has 0 spiro atoms. The average molecular weight is 279 g/mol. The monoisotopic (exact) mass is 279 g/mol. The Morgan fingerprint density at radius 1 is 1.05 bits per heavy atom. The molecule has 104 valence electrons. The van der Waals surface area contributed by atoms with Crippen LogP contribution in [-0.4, -0.2) is 16.1 Å². The van der Waals surface area contributed by atoms with Gasteiger partial charge in [-0.1, -0.05) is 30.3 Å². The number of carboxylic acids is 1. The van der Waals surface area contributed by atoms with Crippen LogP contribution in [0.3, 0.4) is 0 Å².